The Hall–Kier alpha value is -1.88. The Bertz CT molecular complexity index is 495. The van der Waals surface area contributed by atoms with Crippen LogP contribution in [0.3, 0.4) is 0 Å². The number of carbonyl (C=O) groups excluding carboxylic acids is 2. The van der Waals surface area contributed by atoms with Crippen molar-refractivity contribution in [3.8, 4) is 0 Å². The highest BCUT2D eigenvalue weighted by atomic mass is 16.2. The van der Waals surface area contributed by atoms with Gasteiger partial charge >= 0.3 is 0 Å². The molecule has 0 radical (unpaired) electrons. The summed E-state index contributed by atoms with van der Waals surface area (Å²) in [5, 5.41) is 5.48. The summed E-state index contributed by atoms with van der Waals surface area (Å²) in [5.74, 6) is -0.392. The Morgan fingerprint density at radius 3 is 2.47 bits per heavy atom. The van der Waals surface area contributed by atoms with Gasteiger partial charge < -0.3 is 16.4 Å². The number of amides is 2. The second kappa shape index (κ2) is 5.84. The molecule has 4 N–H and O–H groups in total. The number of benzene rings is 1. The molecule has 2 amide bonds. The van der Waals surface area contributed by atoms with E-state index >= 15 is 0 Å². The van der Waals surface area contributed by atoms with E-state index < -0.39 is 5.54 Å². The van der Waals surface area contributed by atoms with Crippen molar-refractivity contribution in [3.05, 3.63) is 23.8 Å². The third kappa shape index (κ3) is 4.06. The molecule has 1 aromatic carbocycles. The molecule has 0 fully saturated rings. The van der Waals surface area contributed by atoms with Gasteiger partial charge in [0.05, 0.1) is 5.54 Å². The molecule has 0 saturated carbocycles. The molecular formula is C14H21N3O2. The molecule has 19 heavy (non-hydrogen) atoms. The molecular weight excluding hydrogens is 242 g/mol. The van der Waals surface area contributed by atoms with Crippen LogP contribution in [-0.2, 0) is 9.59 Å². The summed E-state index contributed by atoms with van der Waals surface area (Å²) in [4.78, 5) is 23.0. The second-order valence-electron chi connectivity index (χ2n) is 4.94. The molecule has 0 aliphatic rings. The standard InChI is InChI=1S/C14H21N3O2/c1-5-14(4,15)13(19)17-11-7-6-9(2)12(8-11)16-10(3)18/h6-8H,5,15H2,1-4H3,(H,16,18)(H,17,19). The zero-order chi connectivity index (χ0) is 14.6. The van der Waals surface area contributed by atoms with E-state index in [-0.39, 0.29) is 11.8 Å². The highest BCUT2D eigenvalue weighted by Crippen LogP contribution is 2.21. The van der Waals surface area contributed by atoms with Gasteiger partial charge in [-0.1, -0.05) is 13.0 Å². The van der Waals surface area contributed by atoms with Crippen LogP contribution in [0, 0.1) is 6.92 Å². The third-order valence-electron chi connectivity index (χ3n) is 3.06. The number of aryl methyl sites for hydroxylation is 1. The highest BCUT2D eigenvalue weighted by molar-refractivity contribution is 5.98. The van der Waals surface area contributed by atoms with Crippen LogP contribution in [0.5, 0.6) is 0 Å². The third-order valence-corrected chi connectivity index (χ3v) is 3.06. The van der Waals surface area contributed by atoms with Crippen LogP contribution in [0.25, 0.3) is 0 Å². The van der Waals surface area contributed by atoms with Gasteiger partial charge in [-0.2, -0.15) is 0 Å². The Balaban J connectivity index is 2.91. The van der Waals surface area contributed by atoms with Crippen molar-refractivity contribution in [2.75, 3.05) is 10.6 Å². The minimum Gasteiger partial charge on any atom is -0.326 e. The van der Waals surface area contributed by atoms with Crippen LogP contribution < -0.4 is 16.4 Å². The van der Waals surface area contributed by atoms with E-state index in [1.165, 1.54) is 6.92 Å². The first-order chi connectivity index (χ1) is 8.76. The summed E-state index contributed by atoms with van der Waals surface area (Å²) >= 11 is 0. The summed E-state index contributed by atoms with van der Waals surface area (Å²) in [6.45, 7) is 6.87. The van der Waals surface area contributed by atoms with Gasteiger partial charge in [0, 0.05) is 18.3 Å². The van der Waals surface area contributed by atoms with Gasteiger partial charge in [-0.25, -0.2) is 0 Å². The Morgan fingerprint density at radius 1 is 1.32 bits per heavy atom. The van der Waals surface area contributed by atoms with E-state index in [1.807, 2.05) is 19.9 Å². The SMILES string of the molecule is CCC(C)(N)C(=O)Nc1ccc(C)c(NC(C)=O)c1. The van der Waals surface area contributed by atoms with Crippen LogP contribution in [0.2, 0.25) is 0 Å². The maximum Gasteiger partial charge on any atom is 0.244 e. The molecule has 0 saturated heterocycles. The number of nitrogens with one attached hydrogen (secondary N) is 2. The van der Waals surface area contributed by atoms with Gasteiger partial charge in [0.1, 0.15) is 0 Å². The van der Waals surface area contributed by atoms with Gasteiger partial charge in [-0.15, -0.1) is 0 Å². The number of anilines is 2. The molecule has 1 aromatic rings. The van der Waals surface area contributed by atoms with Crippen molar-refractivity contribution < 1.29 is 9.59 Å². The van der Waals surface area contributed by atoms with E-state index in [0.717, 1.165) is 5.56 Å². The molecule has 5 heteroatoms. The lowest BCUT2D eigenvalue weighted by molar-refractivity contribution is -0.120. The predicted molar refractivity (Wildman–Crippen MR) is 77.0 cm³/mol. The Kier molecular flexibility index (Phi) is 4.67. The Morgan fingerprint density at radius 2 is 1.95 bits per heavy atom. The molecule has 5 nitrogen and oxygen atoms in total. The summed E-state index contributed by atoms with van der Waals surface area (Å²) in [6.07, 6.45) is 0.545. The van der Waals surface area contributed by atoms with Gasteiger partial charge in [0.15, 0.2) is 0 Å². The van der Waals surface area contributed by atoms with E-state index in [4.69, 9.17) is 5.73 Å². The summed E-state index contributed by atoms with van der Waals surface area (Å²) in [6, 6.07) is 5.34. The van der Waals surface area contributed by atoms with Crippen LogP contribution in [0.15, 0.2) is 18.2 Å². The number of hydrogen-bond donors (Lipinski definition) is 3. The molecule has 0 aliphatic heterocycles. The van der Waals surface area contributed by atoms with E-state index in [9.17, 15) is 9.59 Å². The average Bonchev–Trinajstić information content (AvgIpc) is 2.32. The predicted octanol–water partition coefficient (Wildman–Crippen LogP) is 2.02. The largest absolute Gasteiger partial charge is 0.326 e. The van der Waals surface area contributed by atoms with Crippen molar-refractivity contribution in [2.45, 2.75) is 39.7 Å². The van der Waals surface area contributed by atoms with Crippen molar-refractivity contribution in [1.29, 1.82) is 0 Å². The molecule has 104 valence electrons. The minimum absolute atomic E-state index is 0.149. The maximum absolute atomic E-state index is 12.0. The zero-order valence-electron chi connectivity index (χ0n) is 11.8. The normalized spacial score (nSPS) is 13.5. The van der Waals surface area contributed by atoms with Crippen molar-refractivity contribution in [2.24, 2.45) is 5.73 Å². The van der Waals surface area contributed by atoms with Crippen LogP contribution in [0.1, 0.15) is 32.8 Å². The zero-order valence-corrected chi connectivity index (χ0v) is 11.8. The first kappa shape index (κ1) is 15.2. The van der Waals surface area contributed by atoms with Crippen LogP contribution in [-0.4, -0.2) is 17.4 Å². The molecule has 0 bridgehead atoms. The van der Waals surface area contributed by atoms with Gasteiger partial charge in [0.25, 0.3) is 0 Å². The van der Waals surface area contributed by atoms with E-state index in [0.29, 0.717) is 17.8 Å². The van der Waals surface area contributed by atoms with E-state index in [1.54, 1.807) is 19.1 Å². The summed E-state index contributed by atoms with van der Waals surface area (Å²) in [5.41, 5.74) is 7.20. The van der Waals surface area contributed by atoms with Crippen molar-refractivity contribution in [3.63, 3.8) is 0 Å². The van der Waals surface area contributed by atoms with Gasteiger partial charge in [-0.05, 0) is 38.0 Å². The second-order valence-corrected chi connectivity index (χ2v) is 4.94. The molecule has 1 unspecified atom stereocenters. The molecule has 0 spiro atoms. The monoisotopic (exact) mass is 263 g/mol. The molecule has 1 atom stereocenters. The molecule has 1 rings (SSSR count). The quantitative estimate of drug-likeness (QED) is 0.777. The minimum atomic E-state index is -0.904. The fourth-order valence-corrected chi connectivity index (χ4v) is 1.46. The smallest absolute Gasteiger partial charge is 0.244 e. The number of hydrogen-bond acceptors (Lipinski definition) is 3. The van der Waals surface area contributed by atoms with Crippen LogP contribution >= 0.6 is 0 Å². The van der Waals surface area contributed by atoms with Crippen LogP contribution in [0.4, 0.5) is 11.4 Å². The fraction of sp³-hybridized carbons (Fsp3) is 0.429. The number of rotatable bonds is 4. The topological polar surface area (TPSA) is 84.2 Å². The van der Waals surface area contributed by atoms with Gasteiger partial charge in [0.2, 0.25) is 11.8 Å². The van der Waals surface area contributed by atoms with E-state index in [2.05, 4.69) is 10.6 Å². The average molecular weight is 263 g/mol. The summed E-state index contributed by atoms with van der Waals surface area (Å²) < 4.78 is 0. The summed E-state index contributed by atoms with van der Waals surface area (Å²) in [7, 11) is 0. The fourth-order valence-electron chi connectivity index (χ4n) is 1.46. The van der Waals surface area contributed by atoms with Gasteiger partial charge in [-0.3, -0.25) is 9.59 Å². The Labute approximate surface area is 113 Å². The molecule has 0 aromatic heterocycles. The first-order valence-electron chi connectivity index (χ1n) is 6.25. The highest BCUT2D eigenvalue weighted by Gasteiger charge is 2.25. The number of carbonyl (C=O) groups is 2. The lowest BCUT2D eigenvalue weighted by atomic mass is 9.99. The lowest BCUT2D eigenvalue weighted by Crippen LogP contribution is -2.47. The maximum atomic E-state index is 12.0. The molecule has 0 aliphatic carbocycles. The lowest BCUT2D eigenvalue weighted by Gasteiger charge is -2.22. The number of nitrogens with two attached hydrogens (primary N) is 1. The first-order valence-corrected chi connectivity index (χ1v) is 6.25. The van der Waals surface area contributed by atoms with Crippen molar-refractivity contribution in [1.82, 2.24) is 0 Å². The molecule has 0 heterocycles. The van der Waals surface area contributed by atoms with Crippen molar-refractivity contribution >= 4 is 23.2 Å².